The molecule has 0 aromatic heterocycles. The van der Waals surface area contributed by atoms with Crippen LogP contribution >= 0.6 is 0 Å². The molecule has 0 aliphatic carbocycles. The fraction of sp³-hybridized carbons (Fsp3) is 0.400. The first-order valence-corrected chi connectivity index (χ1v) is 2.15. The lowest BCUT2D eigenvalue weighted by Crippen LogP contribution is -1.99. The molecule has 1 fully saturated rings. The van der Waals surface area contributed by atoms with Gasteiger partial charge in [-0.2, -0.15) is 0 Å². The van der Waals surface area contributed by atoms with Crippen LogP contribution in [0.25, 0.3) is 0 Å². The van der Waals surface area contributed by atoms with Gasteiger partial charge in [0, 0.05) is 0 Å². The Morgan fingerprint density at radius 1 is 1.86 bits per heavy atom. The van der Waals surface area contributed by atoms with Crippen molar-refractivity contribution in [2.75, 3.05) is 6.61 Å². The molecule has 1 unspecified atom stereocenters. The predicted octanol–water partition coefficient (Wildman–Crippen LogP) is 0.707. The van der Waals surface area contributed by atoms with Crippen LogP contribution in [0, 0.1) is 6.61 Å². The maximum absolute atomic E-state index is 4.91. The summed E-state index contributed by atoms with van der Waals surface area (Å²) in [7, 11) is 0. The molecule has 1 atom stereocenters. The van der Waals surface area contributed by atoms with E-state index in [0.717, 1.165) is 0 Å². The van der Waals surface area contributed by atoms with Crippen molar-refractivity contribution in [2.45, 2.75) is 6.29 Å². The van der Waals surface area contributed by atoms with E-state index >= 15 is 0 Å². The molecule has 7 heavy (non-hydrogen) atoms. The third kappa shape index (κ3) is 1.01. The van der Waals surface area contributed by atoms with E-state index in [0.29, 0.717) is 6.61 Å². The normalized spacial score (nSPS) is 22.9. The summed E-state index contributed by atoms with van der Waals surface area (Å²) >= 11 is 0. The van der Waals surface area contributed by atoms with Crippen molar-refractivity contribution in [3.63, 3.8) is 0 Å². The Labute approximate surface area is 42.7 Å². The molecule has 0 bridgehead atoms. The van der Waals surface area contributed by atoms with Crippen LogP contribution in [-0.2, 0) is 9.47 Å². The molecule has 0 aromatic carbocycles. The molecule has 1 radical (unpaired) electrons. The quantitative estimate of drug-likeness (QED) is 0.451. The van der Waals surface area contributed by atoms with Gasteiger partial charge in [-0.05, 0) is 6.08 Å². The molecule has 39 valence electrons. The molecule has 1 heterocycles. The Morgan fingerprint density at radius 2 is 2.71 bits per heavy atom. The molecule has 0 saturated carbocycles. The topological polar surface area (TPSA) is 18.5 Å². The first kappa shape index (κ1) is 4.81. The summed E-state index contributed by atoms with van der Waals surface area (Å²) in [6, 6.07) is 0. The van der Waals surface area contributed by atoms with Crippen LogP contribution in [0.2, 0.25) is 0 Å². The number of rotatable bonds is 1. The van der Waals surface area contributed by atoms with E-state index in [4.69, 9.17) is 9.47 Å². The predicted molar refractivity (Wildman–Crippen MR) is 25.3 cm³/mol. The number of ether oxygens (including phenoxy) is 2. The van der Waals surface area contributed by atoms with Crippen molar-refractivity contribution in [2.24, 2.45) is 0 Å². The fourth-order valence-electron chi connectivity index (χ4n) is 0.431. The summed E-state index contributed by atoms with van der Waals surface area (Å²) in [4.78, 5) is 0. The summed E-state index contributed by atoms with van der Waals surface area (Å²) in [5.41, 5.74) is 0. The van der Waals surface area contributed by atoms with E-state index in [1.54, 1.807) is 12.7 Å². The number of hydrogen-bond acceptors (Lipinski definition) is 2. The van der Waals surface area contributed by atoms with E-state index in [1.807, 2.05) is 0 Å². The van der Waals surface area contributed by atoms with Crippen LogP contribution in [0.4, 0.5) is 0 Å². The molecule has 0 amide bonds. The van der Waals surface area contributed by atoms with Crippen molar-refractivity contribution >= 4 is 0 Å². The maximum atomic E-state index is 4.91. The second-order valence-electron chi connectivity index (χ2n) is 1.24. The van der Waals surface area contributed by atoms with Crippen molar-refractivity contribution in [1.29, 1.82) is 0 Å². The second-order valence-corrected chi connectivity index (χ2v) is 1.24. The van der Waals surface area contributed by atoms with Gasteiger partial charge in [-0.15, -0.1) is 0 Å². The van der Waals surface area contributed by atoms with Gasteiger partial charge in [-0.25, -0.2) is 0 Å². The van der Waals surface area contributed by atoms with Crippen molar-refractivity contribution < 1.29 is 9.47 Å². The monoisotopic (exact) mass is 99.0 g/mol. The van der Waals surface area contributed by atoms with E-state index in [-0.39, 0.29) is 6.29 Å². The third-order valence-electron chi connectivity index (χ3n) is 0.751. The molecular weight excluding hydrogens is 92.1 g/mol. The molecule has 0 aromatic rings. The summed E-state index contributed by atoms with van der Waals surface area (Å²) in [5.74, 6) is 0. The Kier molecular flexibility index (Phi) is 1.44. The highest BCUT2D eigenvalue weighted by Gasteiger charge is 2.10. The van der Waals surface area contributed by atoms with Crippen molar-refractivity contribution in [1.82, 2.24) is 0 Å². The Hall–Kier alpha value is -0.340. The Bertz CT molecular complexity index is 64.5. The average molecular weight is 99.1 g/mol. The zero-order chi connectivity index (χ0) is 5.11. The van der Waals surface area contributed by atoms with Crippen LogP contribution in [0.3, 0.4) is 0 Å². The highest BCUT2D eigenvalue weighted by molar-refractivity contribution is 4.77. The van der Waals surface area contributed by atoms with Gasteiger partial charge in [0.25, 0.3) is 0 Å². The molecule has 1 saturated heterocycles. The Balaban J connectivity index is 2.26. The van der Waals surface area contributed by atoms with Crippen LogP contribution in [0.15, 0.2) is 12.7 Å². The second kappa shape index (κ2) is 2.09. The lowest BCUT2D eigenvalue weighted by Gasteiger charge is -1.97. The fourth-order valence-corrected chi connectivity index (χ4v) is 0.431. The molecule has 0 spiro atoms. The minimum Gasteiger partial charge on any atom is -0.346 e. The molecule has 0 N–H and O–H groups in total. The van der Waals surface area contributed by atoms with Gasteiger partial charge in [-0.3, -0.25) is 0 Å². The lowest BCUT2D eigenvalue weighted by molar-refractivity contribution is 0.00764. The van der Waals surface area contributed by atoms with E-state index in [9.17, 15) is 0 Å². The van der Waals surface area contributed by atoms with Gasteiger partial charge >= 0.3 is 0 Å². The number of hydrogen-bond donors (Lipinski definition) is 0. The summed E-state index contributed by atoms with van der Waals surface area (Å²) in [6.07, 6.45) is 1.42. The van der Waals surface area contributed by atoms with Crippen molar-refractivity contribution in [3.05, 3.63) is 19.3 Å². The SMILES string of the molecule is C=CC1O[CH]CO1. The van der Waals surface area contributed by atoms with Gasteiger partial charge in [0.15, 0.2) is 6.29 Å². The van der Waals surface area contributed by atoms with E-state index in [2.05, 4.69) is 6.58 Å². The van der Waals surface area contributed by atoms with Crippen LogP contribution in [0.1, 0.15) is 0 Å². The standard InChI is InChI=1S/C5H7O2/c1-2-5-6-3-4-7-5/h2-3,5H,1,4H2. The van der Waals surface area contributed by atoms with Crippen LogP contribution in [-0.4, -0.2) is 12.9 Å². The maximum Gasteiger partial charge on any atom is 0.177 e. The zero-order valence-corrected chi connectivity index (χ0v) is 3.96. The summed E-state index contributed by atoms with van der Waals surface area (Å²) in [5, 5.41) is 0. The minimum atomic E-state index is -0.194. The van der Waals surface area contributed by atoms with Gasteiger partial charge in [-0.1, -0.05) is 6.58 Å². The van der Waals surface area contributed by atoms with Gasteiger partial charge in [0.05, 0.1) is 6.61 Å². The summed E-state index contributed by atoms with van der Waals surface area (Å²) in [6.45, 7) is 5.67. The van der Waals surface area contributed by atoms with E-state index < -0.39 is 0 Å². The Morgan fingerprint density at radius 3 is 3.00 bits per heavy atom. The molecule has 1 aliphatic heterocycles. The minimum absolute atomic E-state index is 0.194. The summed E-state index contributed by atoms with van der Waals surface area (Å²) < 4.78 is 9.74. The lowest BCUT2D eigenvalue weighted by atomic mass is 10.6. The van der Waals surface area contributed by atoms with Crippen LogP contribution < -0.4 is 0 Å². The molecular formula is C5H7O2. The smallest absolute Gasteiger partial charge is 0.177 e. The zero-order valence-electron chi connectivity index (χ0n) is 3.96. The van der Waals surface area contributed by atoms with Gasteiger partial charge in [0.1, 0.15) is 6.61 Å². The molecule has 2 heteroatoms. The molecule has 1 aliphatic rings. The van der Waals surface area contributed by atoms with Gasteiger partial charge in [0.2, 0.25) is 0 Å². The largest absolute Gasteiger partial charge is 0.346 e. The average Bonchev–Trinajstić information content (AvgIpc) is 2.14. The van der Waals surface area contributed by atoms with Crippen LogP contribution in [0.5, 0.6) is 0 Å². The first-order valence-electron chi connectivity index (χ1n) is 2.15. The first-order chi connectivity index (χ1) is 3.43. The van der Waals surface area contributed by atoms with Gasteiger partial charge < -0.3 is 9.47 Å². The third-order valence-corrected chi connectivity index (χ3v) is 0.751. The van der Waals surface area contributed by atoms with E-state index in [1.165, 1.54) is 0 Å². The highest BCUT2D eigenvalue weighted by Crippen LogP contribution is 2.06. The van der Waals surface area contributed by atoms with Crippen molar-refractivity contribution in [3.8, 4) is 0 Å². The molecule has 1 rings (SSSR count). The molecule has 2 nitrogen and oxygen atoms in total. The highest BCUT2D eigenvalue weighted by atomic mass is 16.7.